The zero-order valence-corrected chi connectivity index (χ0v) is 16.6. The first kappa shape index (κ1) is 18.1. The maximum atomic E-state index is 6.23. The lowest BCUT2D eigenvalue weighted by Crippen LogP contribution is -2.36. The fourth-order valence-electron chi connectivity index (χ4n) is 3.03. The van der Waals surface area contributed by atoms with Gasteiger partial charge in [-0.3, -0.25) is 0 Å². The molecule has 3 heterocycles. The number of rotatable bonds is 5. The van der Waals surface area contributed by atoms with E-state index in [0.29, 0.717) is 19.1 Å². The van der Waals surface area contributed by atoms with Crippen molar-refractivity contribution in [3.05, 3.63) is 29.8 Å². The van der Waals surface area contributed by atoms with Gasteiger partial charge in [0.2, 0.25) is 11.8 Å². The van der Waals surface area contributed by atoms with Gasteiger partial charge in [0, 0.05) is 25.7 Å². The lowest BCUT2D eigenvalue weighted by atomic mass is 10.1. The van der Waals surface area contributed by atoms with Gasteiger partial charge in [0.05, 0.1) is 13.2 Å². The molecule has 1 saturated heterocycles. The molecule has 0 radical (unpaired) electrons. The molecule has 1 aliphatic rings. The van der Waals surface area contributed by atoms with Crippen LogP contribution in [0, 0.1) is 6.92 Å². The van der Waals surface area contributed by atoms with Crippen molar-refractivity contribution in [2.45, 2.75) is 19.0 Å². The van der Waals surface area contributed by atoms with E-state index in [1.54, 1.807) is 11.8 Å². The van der Waals surface area contributed by atoms with Crippen molar-refractivity contribution in [1.29, 1.82) is 0 Å². The second-order valence-corrected chi connectivity index (χ2v) is 7.67. The first-order valence-corrected chi connectivity index (χ1v) is 10.1. The van der Waals surface area contributed by atoms with Gasteiger partial charge in [0.25, 0.3) is 0 Å². The molecular weight excluding hydrogens is 362 g/mol. The Morgan fingerprint density at radius 1 is 1.11 bits per heavy atom. The largest absolute Gasteiger partial charge is 0.420 e. The smallest absolute Gasteiger partial charge is 0.229 e. The first-order valence-electron chi connectivity index (χ1n) is 9.10. The topological polar surface area (TPSA) is 69.2 Å². The quantitative estimate of drug-likeness (QED) is 0.624. The molecule has 27 heavy (non-hydrogen) atoms. The van der Waals surface area contributed by atoms with Gasteiger partial charge < -0.3 is 18.6 Å². The summed E-state index contributed by atoms with van der Waals surface area (Å²) in [4.78, 5) is 6.98. The minimum atomic E-state index is 0.596. The fraction of sp³-hybridized carbons (Fsp3) is 0.421. The number of ether oxygens (including phenoxy) is 1. The van der Waals surface area contributed by atoms with E-state index in [4.69, 9.17) is 14.1 Å². The number of nitrogens with zero attached hydrogens (tertiary/aromatic N) is 5. The van der Waals surface area contributed by atoms with Crippen molar-refractivity contribution in [2.24, 2.45) is 7.05 Å². The molecule has 142 valence electrons. The van der Waals surface area contributed by atoms with Crippen molar-refractivity contribution >= 4 is 17.6 Å². The van der Waals surface area contributed by atoms with Crippen LogP contribution >= 0.6 is 11.8 Å². The van der Waals surface area contributed by atoms with Gasteiger partial charge in [-0.15, -0.1) is 10.2 Å². The lowest BCUT2D eigenvalue weighted by molar-refractivity contribution is 0.121. The summed E-state index contributed by atoms with van der Waals surface area (Å²) in [5, 5.41) is 9.58. The molecule has 8 heteroatoms. The summed E-state index contributed by atoms with van der Waals surface area (Å²) < 4.78 is 13.7. The fourth-order valence-corrected chi connectivity index (χ4v) is 3.67. The normalized spacial score (nSPS) is 14.7. The van der Waals surface area contributed by atoms with E-state index < -0.39 is 0 Å². The number of benzene rings is 1. The molecule has 0 amide bonds. The van der Waals surface area contributed by atoms with Crippen LogP contribution in [0.15, 0.2) is 33.8 Å². The number of hydrogen-bond donors (Lipinski definition) is 0. The summed E-state index contributed by atoms with van der Waals surface area (Å²) >= 11 is 1.66. The van der Waals surface area contributed by atoms with Crippen LogP contribution < -0.4 is 4.90 Å². The van der Waals surface area contributed by atoms with Crippen LogP contribution in [0.25, 0.3) is 23.0 Å². The number of oxazole rings is 1. The molecule has 1 aromatic carbocycles. The van der Waals surface area contributed by atoms with Gasteiger partial charge in [-0.2, -0.15) is 0 Å². The maximum Gasteiger partial charge on any atom is 0.229 e. The van der Waals surface area contributed by atoms with Crippen LogP contribution in [0.1, 0.15) is 12.5 Å². The molecule has 0 bridgehead atoms. The molecular formula is C19H23N5O2S. The van der Waals surface area contributed by atoms with Crippen molar-refractivity contribution < 1.29 is 9.15 Å². The Balaban J connectivity index is 1.79. The van der Waals surface area contributed by atoms with Gasteiger partial charge in [-0.25, -0.2) is 4.98 Å². The molecule has 3 aromatic rings. The average molecular weight is 385 g/mol. The van der Waals surface area contributed by atoms with Gasteiger partial charge in [0.1, 0.15) is 0 Å². The second kappa shape index (κ2) is 7.74. The number of thioether (sulfide) groups is 1. The third-order valence-electron chi connectivity index (χ3n) is 4.53. The Morgan fingerprint density at radius 2 is 1.85 bits per heavy atom. The molecule has 0 aliphatic carbocycles. The summed E-state index contributed by atoms with van der Waals surface area (Å²) in [7, 11) is 1.97. The minimum absolute atomic E-state index is 0.596. The lowest BCUT2D eigenvalue weighted by Gasteiger charge is -2.26. The van der Waals surface area contributed by atoms with Crippen LogP contribution in [-0.2, 0) is 11.8 Å². The van der Waals surface area contributed by atoms with Crippen molar-refractivity contribution in [1.82, 2.24) is 19.7 Å². The van der Waals surface area contributed by atoms with E-state index in [2.05, 4.69) is 41.1 Å². The Morgan fingerprint density at radius 3 is 2.56 bits per heavy atom. The van der Waals surface area contributed by atoms with Gasteiger partial charge in [0.15, 0.2) is 16.7 Å². The Hall–Kier alpha value is -2.32. The van der Waals surface area contributed by atoms with Gasteiger partial charge in [-0.1, -0.05) is 36.4 Å². The van der Waals surface area contributed by atoms with E-state index in [0.717, 1.165) is 47.0 Å². The monoisotopic (exact) mass is 385 g/mol. The van der Waals surface area contributed by atoms with Crippen LogP contribution in [0.3, 0.4) is 0 Å². The Kier molecular flexibility index (Phi) is 5.18. The van der Waals surface area contributed by atoms with Crippen LogP contribution in [0.5, 0.6) is 0 Å². The van der Waals surface area contributed by atoms with Gasteiger partial charge >= 0.3 is 0 Å². The molecule has 1 fully saturated rings. The number of aromatic nitrogens is 4. The van der Waals surface area contributed by atoms with E-state index in [1.165, 1.54) is 5.56 Å². The zero-order valence-electron chi connectivity index (χ0n) is 15.8. The molecule has 0 N–H and O–H groups in total. The van der Waals surface area contributed by atoms with E-state index in [9.17, 15) is 0 Å². The summed E-state index contributed by atoms with van der Waals surface area (Å²) in [6.45, 7) is 7.06. The van der Waals surface area contributed by atoms with Gasteiger partial charge in [-0.05, 0) is 24.8 Å². The van der Waals surface area contributed by atoms with Crippen molar-refractivity contribution in [3.63, 3.8) is 0 Å². The molecule has 7 nitrogen and oxygen atoms in total. The highest BCUT2D eigenvalue weighted by Crippen LogP contribution is 2.35. The van der Waals surface area contributed by atoms with Crippen LogP contribution in [0.2, 0.25) is 0 Å². The summed E-state index contributed by atoms with van der Waals surface area (Å²) in [6.07, 6.45) is 0. The highest BCUT2D eigenvalue weighted by Gasteiger charge is 2.26. The molecule has 0 spiro atoms. The van der Waals surface area contributed by atoms with E-state index in [1.807, 2.05) is 23.7 Å². The molecule has 0 unspecified atom stereocenters. The van der Waals surface area contributed by atoms with Crippen molar-refractivity contribution in [3.8, 4) is 23.0 Å². The highest BCUT2D eigenvalue weighted by atomic mass is 32.2. The minimum Gasteiger partial charge on any atom is -0.420 e. The average Bonchev–Trinajstić information content (AvgIpc) is 3.28. The Labute approximate surface area is 162 Å². The molecule has 1 aliphatic heterocycles. The third-order valence-corrected chi connectivity index (χ3v) is 5.43. The zero-order chi connectivity index (χ0) is 18.8. The predicted molar refractivity (Wildman–Crippen MR) is 106 cm³/mol. The van der Waals surface area contributed by atoms with Crippen molar-refractivity contribution in [2.75, 3.05) is 37.0 Å². The third kappa shape index (κ3) is 3.59. The van der Waals surface area contributed by atoms with Crippen LogP contribution in [-0.4, -0.2) is 51.8 Å². The summed E-state index contributed by atoms with van der Waals surface area (Å²) in [5.74, 6) is 2.99. The first-order chi connectivity index (χ1) is 13.2. The molecule has 2 aromatic heterocycles. The second-order valence-electron chi connectivity index (χ2n) is 6.44. The number of anilines is 1. The summed E-state index contributed by atoms with van der Waals surface area (Å²) in [6, 6.07) is 8.18. The van der Waals surface area contributed by atoms with E-state index in [-0.39, 0.29) is 0 Å². The molecule has 0 atom stereocenters. The standard InChI is InChI=1S/C19H23N5O2S/c1-4-27-19-22-21-16(23(19)3)15-18(24-9-11-25-12-10-24)26-17(20-15)14-7-5-13(2)6-8-14/h5-8H,4,9-12H2,1-3H3. The highest BCUT2D eigenvalue weighted by molar-refractivity contribution is 7.99. The predicted octanol–water partition coefficient (Wildman–Crippen LogP) is 3.39. The number of hydrogen-bond acceptors (Lipinski definition) is 7. The number of morpholine rings is 1. The Bertz CT molecular complexity index is 913. The SMILES string of the molecule is CCSc1nnc(-c2nc(-c3ccc(C)cc3)oc2N2CCOCC2)n1C. The van der Waals surface area contributed by atoms with E-state index >= 15 is 0 Å². The molecule has 4 rings (SSSR count). The number of aryl methyl sites for hydroxylation is 1. The van der Waals surface area contributed by atoms with Crippen LogP contribution in [0.4, 0.5) is 5.88 Å². The summed E-state index contributed by atoms with van der Waals surface area (Å²) in [5.41, 5.74) is 2.88. The maximum absolute atomic E-state index is 6.23. The molecule has 0 saturated carbocycles.